The van der Waals surface area contributed by atoms with Gasteiger partial charge in [-0.1, -0.05) is 24.3 Å². The lowest BCUT2D eigenvalue weighted by Crippen LogP contribution is -2.29. The summed E-state index contributed by atoms with van der Waals surface area (Å²) < 4.78 is 18.9. The lowest BCUT2D eigenvalue weighted by molar-refractivity contribution is 0.0937. The van der Waals surface area contributed by atoms with E-state index in [1.165, 1.54) is 5.56 Å². The molecule has 188 valence electrons. The SMILES string of the molecule is COc1ccc(C(=O)NC(C)c2nc3ccccc3n2CCCOc2cccc(C)c2C)cc1OC. The van der Waals surface area contributed by atoms with Crippen LogP contribution in [0.25, 0.3) is 11.0 Å². The van der Waals surface area contributed by atoms with E-state index in [-0.39, 0.29) is 11.9 Å². The van der Waals surface area contributed by atoms with Gasteiger partial charge in [0.1, 0.15) is 11.6 Å². The minimum Gasteiger partial charge on any atom is -0.493 e. The number of aromatic nitrogens is 2. The third-order valence-corrected chi connectivity index (χ3v) is 6.40. The zero-order valence-electron chi connectivity index (χ0n) is 21.5. The number of rotatable bonds is 10. The van der Waals surface area contributed by atoms with Gasteiger partial charge in [-0.05, 0) is 74.7 Å². The molecule has 7 nitrogen and oxygen atoms in total. The minimum atomic E-state index is -0.307. The first-order valence-electron chi connectivity index (χ1n) is 12.1. The molecule has 1 unspecified atom stereocenters. The quantitative estimate of drug-likeness (QED) is 0.294. The zero-order valence-corrected chi connectivity index (χ0v) is 21.5. The van der Waals surface area contributed by atoms with Crippen LogP contribution in [0.2, 0.25) is 0 Å². The van der Waals surface area contributed by atoms with Crippen LogP contribution >= 0.6 is 0 Å². The van der Waals surface area contributed by atoms with Crippen molar-refractivity contribution in [2.75, 3.05) is 20.8 Å². The Hall–Kier alpha value is -4.00. The molecule has 0 fully saturated rings. The van der Waals surface area contributed by atoms with Gasteiger partial charge in [0.05, 0.1) is 37.9 Å². The van der Waals surface area contributed by atoms with Crippen LogP contribution in [0.5, 0.6) is 17.2 Å². The summed E-state index contributed by atoms with van der Waals surface area (Å²) in [5, 5.41) is 3.08. The highest BCUT2D eigenvalue weighted by Crippen LogP contribution is 2.28. The summed E-state index contributed by atoms with van der Waals surface area (Å²) in [6, 6.07) is 18.9. The molecule has 0 bridgehead atoms. The Morgan fingerprint density at radius 2 is 1.75 bits per heavy atom. The van der Waals surface area contributed by atoms with Gasteiger partial charge in [0.2, 0.25) is 0 Å². The van der Waals surface area contributed by atoms with Gasteiger partial charge in [0.25, 0.3) is 5.91 Å². The topological polar surface area (TPSA) is 74.6 Å². The number of para-hydroxylation sites is 2. The van der Waals surface area contributed by atoms with E-state index in [1.807, 2.05) is 37.3 Å². The van der Waals surface area contributed by atoms with Gasteiger partial charge in [-0.15, -0.1) is 0 Å². The molecule has 4 rings (SSSR count). The third kappa shape index (κ3) is 5.30. The first-order valence-corrected chi connectivity index (χ1v) is 12.1. The first-order chi connectivity index (χ1) is 17.4. The van der Waals surface area contributed by atoms with Crippen molar-refractivity contribution in [2.45, 2.75) is 39.8 Å². The van der Waals surface area contributed by atoms with Crippen molar-refractivity contribution >= 4 is 16.9 Å². The number of nitrogens with one attached hydrogen (secondary N) is 1. The van der Waals surface area contributed by atoms with Gasteiger partial charge < -0.3 is 24.1 Å². The number of fused-ring (bicyclic) bond motifs is 1. The van der Waals surface area contributed by atoms with Crippen LogP contribution in [0, 0.1) is 13.8 Å². The summed E-state index contributed by atoms with van der Waals surface area (Å²) in [6.07, 6.45) is 0.803. The largest absolute Gasteiger partial charge is 0.493 e. The number of aryl methyl sites for hydroxylation is 2. The van der Waals surface area contributed by atoms with Crippen molar-refractivity contribution in [3.8, 4) is 17.2 Å². The number of nitrogens with zero attached hydrogens (tertiary/aromatic N) is 2. The molecular formula is C29H33N3O4. The van der Waals surface area contributed by atoms with Gasteiger partial charge in [0.15, 0.2) is 11.5 Å². The molecule has 1 atom stereocenters. The smallest absolute Gasteiger partial charge is 0.251 e. The van der Waals surface area contributed by atoms with Crippen molar-refractivity contribution in [2.24, 2.45) is 0 Å². The van der Waals surface area contributed by atoms with Crippen LogP contribution in [-0.4, -0.2) is 36.3 Å². The van der Waals surface area contributed by atoms with Gasteiger partial charge >= 0.3 is 0 Å². The summed E-state index contributed by atoms with van der Waals surface area (Å²) in [4.78, 5) is 17.9. The maximum absolute atomic E-state index is 13.0. The monoisotopic (exact) mass is 487 g/mol. The van der Waals surface area contributed by atoms with E-state index in [0.717, 1.165) is 41.1 Å². The molecule has 0 aliphatic carbocycles. The van der Waals surface area contributed by atoms with Crippen LogP contribution < -0.4 is 19.5 Å². The van der Waals surface area contributed by atoms with Crippen molar-refractivity contribution < 1.29 is 19.0 Å². The second-order valence-electron chi connectivity index (χ2n) is 8.78. The third-order valence-electron chi connectivity index (χ3n) is 6.40. The van der Waals surface area contributed by atoms with E-state index in [1.54, 1.807) is 32.4 Å². The second kappa shape index (κ2) is 11.2. The van der Waals surface area contributed by atoms with Gasteiger partial charge in [-0.2, -0.15) is 0 Å². The molecule has 1 aromatic heterocycles. The Morgan fingerprint density at radius 3 is 2.53 bits per heavy atom. The van der Waals surface area contributed by atoms with E-state index in [9.17, 15) is 4.79 Å². The van der Waals surface area contributed by atoms with Crippen molar-refractivity contribution in [3.63, 3.8) is 0 Å². The molecule has 4 aromatic rings. The van der Waals surface area contributed by atoms with E-state index in [4.69, 9.17) is 19.2 Å². The molecule has 7 heteroatoms. The molecule has 0 aliphatic rings. The Morgan fingerprint density at radius 1 is 0.972 bits per heavy atom. The summed E-state index contributed by atoms with van der Waals surface area (Å²) in [6.45, 7) is 7.42. The molecule has 36 heavy (non-hydrogen) atoms. The average Bonchev–Trinajstić information content (AvgIpc) is 3.27. The number of imidazole rings is 1. The maximum Gasteiger partial charge on any atom is 0.251 e. The standard InChI is InChI=1S/C29H33N3O4/c1-19-10-8-13-25(20(19)2)36-17-9-16-32-24-12-7-6-11-23(24)31-28(32)21(3)30-29(33)22-14-15-26(34-4)27(18-22)35-5/h6-8,10-15,18,21H,9,16-17H2,1-5H3,(H,30,33). The van der Waals surface area contributed by atoms with Crippen molar-refractivity contribution in [1.82, 2.24) is 14.9 Å². The van der Waals surface area contributed by atoms with Gasteiger partial charge in [-0.3, -0.25) is 4.79 Å². The molecule has 1 heterocycles. The Balaban J connectivity index is 1.49. The fraction of sp³-hybridized carbons (Fsp3) is 0.310. The fourth-order valence-electron chi connectivity index (χ4n) is 4.27. The Labute approximate surface area is 212 Å². The number of methoxy groups -OCH3 is 2. The summed E-state index contributed by atoms with van der Waals surface area (Å²) in [7, 11) is 3.12. The van der Waals surface area contributed by atoms with E-state index < -0.39 is 0 Å². The molecule has 0 saturated carbocycles. The fourth-order valence-corrected chi connectivity index (χ4v) is 4.27. The predicted octanol–water partition coefficient (Wildman–Crippen LogP) is 5.63. The molecular weight excluding hydrogens is 454 g/mol. The summed E-state index contributed by atoms with van der Waals surface area (Å²) in [5.41, 5.74) is 4.80. The molecule has 0 aliphatic heterocycles. The van der Waals surface area contributed by atoms with Crippen molar-refractivity contribution in [3.05, 3.63) is 83.2 Å². The Kier molecular flexibility index (Phi) is 7.78. The molecule has 0 radical (unpaired) electrons. The van der Waals surface area contributed by atoms with E-state index >= 15 is 0 Å². The maximum atomic E-state index is 13.0. The predicted molar refractivity (Wildman–Crippen MR) is 141 cm³/mol. The van der Waals surface area contributed by atoms with Crippen LogP contribution in [0.4, 0.5) is 0 Å². The number of amides is 1. The number of carbonyl (C=O) groups excluding carboxylic acids is 1. The van der Waals surface area contributed by atoms with Crippen LogP contribution in [-0.2, 0) is 6.54 Å². The normalized spacial score (nSPS) is 11.8. The highest BCUT2D eigenvalue weighted by Gasteiger charge is 2.20. The lowest BCUT2D eigenvalue weighted by Gasteiger charge is -2.17. The highest BCUT2D eigenvalue weighted by molar-refractivity contribution is 5.95. The van der Waals surface area contributed by atoms with Crippen LogP contribution in [0.1, 0.15) is 46.7 Å². The second-order valence-corrected chi connectivity index (χ2v) is 8.78. The Bertz CT molecular complexity index is 1360. The summed E-state index contributed by atoms with van der Waals surface area (Å²) >= 11 is 0. The van der Waals surface area contributed by atoms with Gasteiger partial charge in [-0.25, -0.2) is 4.98 Å². The number of hydrogen-bond donors (Lipinski definition) is 1. The highest BCUT2D eigenvalue weighted by atomic mass is 16.5. The number of ether oxygens (including phenoxy) is 3. The molecule has 1 N–H and O–H groups in total. The minimum absolute atomic E-state index is 0.208. The first kappa shape index (κ1) is 25.1. The van der Waals surface area contributed by atoms with E-state index in [2.05, 4.69) is 35.9 Å². The summed E-state index contributed by atoms with van der Waals surface area (Å²) in [5.74, 6) is 2.60. The number of hydrogen-bond acceptors (Lipinski definition) is 5. The van der Waals surface area contributed by atoms with Crippen LogP contribution in [0.15, 0.2) is 60.7 Å². The molecule has 0 saturated heterocycles. The van der Waals surface area contributed by atoms with Crippen LogP contribution in [0.3, 0.4) is 0 Å². The van der Waals surface area contributed by atoms with Crippen molar-refractivity contribution in [1.29, 1.82) is 0 Å². The van der Waals surface area contributed by atoms with Gasteiger partial charge in [0, 0.05) is 12.1 Å². The zero-order chi connectivity index (χ0) is 25.7. The molecule has 3 aromatic carbocycles. The molecule has 1 amide bonds. The van der Waals surface area contributed by atoms with E-state index in [0.29, 0.717) is 23.7 Å². The average molecular weight is 488 g/mol. The molecule has 0 spiro atoms. The number of benzene rings is 3. The lowest BCUT2D eigenvalue weighted by atomic mass is 10.1. The number of carbonyl (C=O) groups is 1.